The van der Waals surface area contributed by atoms with Crippen LogP contribution in [0.4, 0.5) is 0 Å². The summed E-state index contributed by atoms with van der Waals surface area (Å²) >= 11 is 1.43. The molecule has 102 valence electrons. The van der Waals surface area contributed by atoms with E-state index in [9.17, 15) is 0 Å². The SMILES string of the molecule is CCCNCc1nnc(Oc2ccccc2OC)s1. The van der Waals surface area contributed by atoms with Gasteiger partial charge in [-0.15, -0.1) is 5.10 Å². The summed E-state index contributed by atoms with van der Waals surface area (Å²) in [6.45, 7) is 3.83. The van der Waals surface area contributed by atoms with Crippen LogP contribution in [-0.2, 0) is 6.54 Å². The Morgan fingerprint density at radius 1 is 1.21 bits per heavy atom. The van der Waals surface area contributed by atoms with Gasteiger partial charge >= 0.3 is 0 Å². The zero-order chi connectivity index (χ0) is 13.5. The van der Waals surface area contributed by atoms with Crippen LogP contribution < -0.4 is 14.8 Å². The normalized spacial score (nSPS) is 10.4. The van der Waals surface area contributed by atoms with Crippen molar-refractivity contribution in [1.29, 1.82) is 0 Å². The molecule has 0 amide bonds. The maximum atomic E-state index is 5.68. The van der Waals surface area contributed by atoms with Gasteiger partial charge in [0.1, 0.15) is 5.01 Å². The summed E-state index contributed by atoms with van der Waals surface area (Å²) in [4.78, 5) is 0. The third-order valence-electron chi connectivity index (χ3n) is 2.42. The van der Waals surface area contributed by atoms with E-state index in [-0.39, 0.29) is 0 Å². The van der Waals surface area contributed by atoms with Crippen LogP contribution in [-0.4, -0.2) is 23.9 Å². The highest BCUT2D eigenvalue weighted by Crippen LogP contribution is 2.32. The van der Waals surface area contributed by atoms with Gasteiger partial charge in [-0.05, 0) is 25.1 Å². The highest BCUT2D eigenvalue weighted by atomic mass is 32.1. The lowest BCUT2D eigenvalue weighted by Crippen LogP contribution is -2.13. The van der Waals surface area contributed by atoms with E-state index in [1.54, 1.807) is 7.11 Å². The quantitative estimate of drug-likeness (QED) is 0.790. The van der Waals surface area contributed by atoms with Crippen LogP contribution in [0, 0.1) is 0 Å². The van der Waals surface area contributed by atoms with Gasteiger partial charge in [-0.25, -0.2) is 0 Å². The number of hydrogen-bond acceptors (Lipinski definition) is 6. The minimum Gasteiger partial charge on any atom is -0.493 e. The average Bonchev–Trinajstić information content (AvgIpc) is 2.87. The monoisotopic (exact) mass is 279 g/mol. The molecule has 0 aliphatic carbocycles. The van der Waals surface area contributed by atoms with Gasteiger partial charge in [0.05, 0.1) is 7.11 Å². The molecule has 0 saturated heterocycles. The van der Waals surface area contributed by atoms with Gasteiger partial charge in [0.15, 0.2) is 11.5 Å². The molecule has 1 aromatic carbocycles. The van der Waals surface area contributed by atoms with Crippen molar-refractivity contribution in [3.63, 3.8) is 0 Å². The summed E-state index contributed by atoms with van der Waals surface area (Å²) in [5.74, 6) is 1.33. The molecule has 1 N–H and O–H groups in total. The standard InChI is InChI=1S/C13H17N3O2S/c1-3-8-14-9-12-15-16-13(19-12)18-11-7-5-4-6-10(11)17-2/h4-7,14H,3,8-9H2,1-2H3. The number of methoxy groups -OCH3 is 1. The molecule has 2 rings (SSSR count). The molecule has 2 aromatic rings. The second-order valence-corrected chi connectivity index (χ2v) is 4.92. The Balaban J connectivity index is 1.99. The van der Waals surface area contributed by atoms with Gasteiger partial charge in [0.2, 0.25) is 0 Å². The second kappa shape index (κ2) is 7.06. The van der Waals surface area contributed by atoms with Gasteiger partial charge in [-0.2, -0.15) is 0 Å². The molecule has 0 unspecified atom stereocenters. The Labute approximate surface area is 116 Å². The Hall–Kier alpha value is -1.66. The lowest BCUT2D eigenvalue weighted by molar-refractivity contribution is 0.377. The van der Waals surface area contributed by atoms with Crippen molar-refractivity contribution in [3.05, 3.63) is 29.3 Å². The van der Waals surface area contributed by atoms with E-state index >= 15 is 0 Å². The van der Waals surface area contributed by atoms with Crippen LogP contribution in [0.25, 0.3) is 0 Å². The number of para-hydroxylation sites is 2. The number of aromatic nitrogens is 2. The summed E-state index contributed by atoms with van der Waals surface area (Å²) in [5, 5.41) is 12.8. The Bertz CT molecular complexity index is 516. The molecule has 0 spiro atoms. The van der Waals surface area contributed by atoms with Crippen molar-refractivity contribution >= 4 is 11.3 Å². The molecule has 19 heavy (non-hydrogen) atoms. The van der Waals surface area contributed by atoms with Gasteiger partial charge in [0.25, 0.3) is 5.19 Å². The highest BCUT2D eigenvalue weighted by Gasteiger charge is 2.09. The smallest absolute Gasteiger partial charge is 0.299 e. The molecule has 0 fully saturated rings. The number of benzene rings is 1. The van der Waals surface area contributed by atoms with Gasteiger partial charge in [0, 0.05) is 6.54 Å². The third kappa shape index (κ3) is 3.90. The van der Waals surface area contributed by atoms with Crippen molar-refractivity contribution in [1.82, 2.24) is 15.5 Å². The summed E-state index contributed by atoms with van der Waals surface area (Å²) in [6.07, 6.45) is 1.10. The zero-order valence-electron chi connectivity index (χ0n) is 11.0. The predicted octanol–water partition coefficient (Wildman–Crippen LogP) is 2.84. The van der Waals surface area contributed by atoms with Crippen LogP contribution in [0.2, 0.25) is 0 Å². The van der Waals surface area contributed by atoms with E-state index in [4.69, 9.17) is 9.47 Å². The molecule has 0 atom stereocenters. The number of ether oxygens (including phenoxy) is 2. The topological polar surface area (TPSA) is 56.3 Å². The first-order valence-corrected chi connectivity index (χ1v) is 6.99. The average molecular weight is 279 g/mol. The maximum Gasteiger partial charge on any atom is 0.299 e. The van der Waals surface area contributed by atoms with Gasteiger partial charge < -0.3 is 14.8 Å². The molecule has 0 bridgehead atoms. The van der Waals surface area contributed by atoms with Crippen molar-refractivity contribution in [3.8, 4) is 16.7 Å². The largest absolute Gasteiger partial charge is 0.493 e. The minimum absolute atomic E-state index is 0.526. The lowest BCUT2D eigenvalue weighted by Gasteiger charge is -2.06. The fraction of sp³-hybridized carbons (Fsp3) is 0.385. The van der Waals surface area contributed by atoms with E-state index in [0.717, 1.165) is 24.5 Å². The van der Waals surface area contributed by atoms with Gasteiger partial charge in [-0.1, -0.05) is 35.5 Å². The van der Waals surface area contributed by atoms with E-state index in [1.165, 1.54) is 11.3 Å². The minimum atomic E-state index is 0.526. The first-order chi connectivity index (χ1) is 9.33. The third-order valence-corrected chi connectivity index (χ3v) is 3.22. The number of nitrogens with one attached hydrogen (secondary N) is 1. The zero-order valence-corrected chi connectivity index (χ0v) is 11.9. The van der Waals surface area contributed by atoms with Crippen LogP contribution in [0.5, 0.6) is 16.7 Å². The maximum absolute atomic E-state index is 5.68. The number of hydrogen-bond donors (Lipinski definition) is 1. The molecule has 5 nitrogen and oxygen atoms in total. The van der Waals surface area contributed by atoms with Crippen molar-refractivity contribution < 1.29 is 9.47 Å². The molecule has 0 aliphatic rings. The lowest BCUT2D eigenvalue weighted by atomic mass is 10.3. The summed E-state index contributed by atoms with van der Waals surface area (Å²) < 4.78 is 10.9. The van der Waals surface area contributed by atoms with Crippen LogP contribution in [0.3, 0.4) is 0 Å². The second-order valence-electron chi connectivity index (χ2n) is 3.89. The molecule has 1 heterocycles. The first kappa shape index (κ1) is 13.8. The highest BCUT2D eigenvalue weighted by molar-refractivity contribution is 7.13. The summed E-state index contributed by atoms with van der Waals surface area (Å²) in [7, 11) is 1.61. The van der Waals surface area contributed by atoms with Crippen LogP contribution in [0.1, 0.15) is 18.4 Å². The Kier molecular flexibility index (Phi) is 5.11. The molecule has 6 heteroatoms. The van der Waals surface area contributed by atoms with Crippen LogP contribution >= 0.6 is 11.3 Å². The van der Waals surface area contributed by atoms with Crippen molar-refractivity contribution in [2.75, 3.05) is 13.7 Å². The van der Waals surface area contributed by atoms with E-state index in [0.29, 0.717) is 16.7 Å². The van der Waals surface area contributed by atoms with Crippen molar-refractivity contribution in [2.45, 2.75) is 19.9 Å². The molecule has 0 aliphatic heterocycles. The molecular formula is C13H17N3O2S. The molecule has 0 radical (unpaired) electrons. The molecule has 0 saturated carbocycles. The molecule has 1 aromatic heterocycles. The van der Waals surface area contributed by atoms with E-state index < -0.39 is 0 Å². The Morgan fingerprint density at radius 3 is 2.74 bits per heavy atom. The predicted molar refractivity (Wildman–Crippen MR) is 75.0 cm³/mol. The fourth-order valence-electron chi connectivity index (χ4n) is 1.52. The van der Waals surface area contributed by atoms with E-state index in [2.05, 4.69) is 22.4 Å². The summed E-state index contributed by atoms with van der Waals surface area (Å²) in [6, 6.07) is 7.48. The fourth-order valence-corrected chi connectivity index (χ4v) is 2.19. The first-order valence-electron chi connectivity index (χ1n) is 6.17. The van der Waals surface area contributed by atoms with Crippen molar-refractivity contribution in [2.24, 2.45) is 0 Å². The summed E-state index contributed by atoms with van der Waals surface area (Å²) in [5.41, 5.74) is 0. The van der Waals surface area contributed by atoms with E-state index in [1.807, 2.05) is 24.3 Å². The number of nitrogens with zero attached hydrogens (tertiary/aromatic N) is 2. The van der Waals surface area contributed by atoms with Crippen LogP contribution in [0.15, 0.2) is 24.3 Å². The molecular weight excluding hydrogens is 262 g/mol. The van der Waals surface area contributed by atoms with Gasteiger partial charge in [-0.3, -0.25) is 0 Å². The Morgan fingerprint density at radius 2 is 2.00 bits per heavy atom. The number of rotatable bonds is 7.